The van der Waals surface area contributed by atoms with Crippen LogP contribution in [0.15, 0.2) is 29.2 Å². The molecule has 1 aromatic rings. The van der Waals surface area contributed by atoms with E-state index in [1.54, 1.807) is 11.8 Å². The van der Waals surface area contributed by atoms with Crippen molar-refractivity contribution in [1.82, 2.24) is 0 Å². The van der Waals surface area contributed by atoms with Gasteiger partial charge in [-0.25, -0.2) is 0 Å². The number of hydrogen-bond acceptors (Lipinski definition) is 2. The van der Waals surface area contributed by atoms with Gasteiger partial charge in [0.25, 0.3) is 0 Å². The molecule has 0 aliphatic carbocycles. The van der Waals surface area contributed by atoms with Crippen molar-refractivity contribution in [2.24, 2.45) is 5.73 Å². The first-order chi connectivity index (χ1) is 5.72. The quantitative estimate of drug-likeness (QED) is 0.424. The van der Waals surface area contributed by atoms with Crippen molar-refractivity contribution in [3.05, 3.63) is 29.8 Å². The van der Waals surface area contributed by atoms with Crippen LogP contribution in [-0.2, 0) is 6.42 Å². The topological polar surface area (TPSA) is 49.9 Å². The highest BCUT2D eigenvalue weighted by atomic mass is 32.2. The number of rotatable bonds is 3. The number of thioether (sulfide) groups is 1. The molecule has 3 N–H and O–H groups in total. The van der Waals surface area contributed by atoms with Crippen LogP contribution < -0.4 is 5.73 Å². The fourth-order valence-electron chi connectivity index (χ4n) is 1.00. The maximum Gasteiger partial charge on any atom is 0.0950 e. The molecule has 0 saturated carbocycles. The molecule has 2 nitrogen and oxygen atoms in total. The SMILES string of the molecule is CSc1cccc(CC(=N)N)c1. The third kappa shape index (κ3) is 2.58. The number of nitrogens with one attached hydrogen (secondary N) is 1. The van der Waals surface area contributed by atoms with E-state index in [4.69, 9.17) is 11.1 Å². The van der Waals surface area contributed by atoms with Gasteiger partial charge in [0.1, 0.15) is 0 Å². The molecule has 64 valence electrons. The number of benzene rings is 1. The lowest BCUT2D eigenvalue weighted by Crippen LogP contribution is -2.12. The van der Waals surface area contributed by atoms with Gasteiger partial charge in [0.2, 0.25) is 0 Å². The van der Waals surface area contributed by atoms with Gasteiger partial charge in [-0.1, -0.05) is 12.1 Å². The molecule has 0 amide bonds. The molecule has 0 aromatic heterocycles. The number of hydrogen-bond donors (Lipinski definition) is 2. The minimum Gasteiger partial charge on any atom is -0.387 e. The molecular weight excluding hydrogens is 168 g/mol. The Hall–Kier alpha value is -0.960. The van der Waals surface area contributed by atoms with Crippen molar-refractivity contribution in [3.8, 4) is 0 Å². The van der Waals surface area contributed by atoms with E-state index in [-0.39, 0.29) is 5.84 Å². The highest BCUT2D eigenvalue weighted by Gasteiger charge is 1.95. The summed E-state index contributed by atoms with van der Waals surface area (Å²) < 4.78 is 0. The zero-order chi connectivity index (χ0) is 8.97. The normalized spacial score (nSPS) is 9.75. The lowest BCUT2D eigenvalue weighted by Gasteiger charge is -2.01. The van der Waals surface area contributed by atoms with Crippen LogP contribution >= 0.6 is 11.8 Å². The van der Waals surface area contributed by atoms with Crippen LogP contribution in [0.5, 0.6) is 0 Å². The van der Waals surface area contributed by atoms with Gasteiger partial charge in [0.15, 0.2) is 0 Å². The van der Waals surface area contributed by atoms with Crippen molar-refractivity contribution in [2.45, 2.75) is 11.3 Å². The molecule has 0 radical (unpaired) electrons. The molecule has 3 heteroatoms. The van der Waals surface area contributed by atoms with E-state index >= 15 is 0 Å². The Labute approximate surface area is 76.7 Å². The Morgan fingerprint density at radius 1 is 1.58 bits per heavy atom. The van der Waals surface area contributed by atoms with Gasteiger partial charge >= 0.3 is 0 Å². The molecule has 0 unspecified atom stereocenters. The summed E-state index contributed by atoms with van der Waals surface area (Å²) in [6.45, 7) is 0. The lowest BCUT2D eigenvalue weighted by atomic mass is 10.1. The summed E-state index contributed by atoms with van der Waals surface area (Å²) in [7, 11) is 0. The minimum atomic E-state index is 0.216. The Balaban J connectivity index is 2.79. The standard InChI is InChI=1S/C9H12N2S/c1-12-8-4-2-3-7(5-8)6-9(10)11/h2-5H,6H2,1H3,(H3,10,11). The fourth-order valence-corrected chi connectivity index (χ4v) is 1.49. The first-order valence-electron chi connectivity index (χ1n) is 3.68. The molecule has 0 aliphatic heterocycles. The van der Waals surface area contributed by atoms with E-state index in [9.17, 15) is 0 Å². The third-order valence-corrected chi connectivity index (χ3v) is 2.25. The van der Waals surface area contributed by atoms with Crippen LogP contribution in [-0.4, -0.2) is 12.1 Å². The summed E-state index contributed by atoms with van der Waals surface area (Å²) in [5.74, 6) is 0.216. The monoisotopic (exact) mass is 180 g/mol. The smallest absolute Gasteiger partial charge is 0.0950 e. The van der Waals surface area contributed by atoms with Crippen molar-refractivity contribution in [1.29, 1.82) is 5.41 Å². The minimum absolute atomic E-state index is 0.216. The zero-order valence-electron chi connectivity index (χ0n) is 7.00. The van der Waals surface area contributed by atoms with Crippen LogP contribution in [0, 0.1) is 5.41 Å². The largest absolute Gasteiger partial charge is 0.387 e. The second kappa shape index (κ2) is 4.16. The molecule has 0 atom stereocenters. The van der Waals surface area contributed by atoms with Gasteiger partial charge in [-0.15, -0.1) is 11.8 Å². The molecule has 1 rings (SSSR count). The lowest BCUT2D eigenvalue weighted by molar-refractivity contribution is 1.22. The van der Waals surface area contributed by atoms with E-state index in [1.807, 2.05) is 24.5 Å². The van der Waals surface area contributed by atoms with E-state index in [2.05, 4.69) is 6.07 Å². The van der Waals surface area contributed by atoms with Crippen molar-refractivity contribution in [2.75, 3.05) is 6.26 Å². The average Bonchev–Trinajstić information content (AvgIpc) is 2.03. The summed E-state index contributed by atoms with van der Waals surface area (Å²) in [6, 6.07) is 8.09. The highest BCUT2D eigenvalue weighted by molar-refractivity contribution is 7.98. The first-order valence-corrected chi connectivity index (χ1v) is 4.90. The van der Waals surface area contributed by atoms with Crippen molar-refractivity contribution in [3.63, 3.8) is 0 Å². The van der Waals surface area contributed by atoms with Crippen LogP contribution in [0.4, 0.5) is 0 Å². The number of amidine groups is 1. The first kappa shape index (κ1) is 9.13. The zero-order valence-corrected chi connectivity index (χ0v) is 7.82. The van der Waals surface area contributed by atoms with Crippen LogP contribution in [0.1, 0.15) is 5.56 Å². The Morgan fingerprint density at radius 3 is 2.92 bits per heavy atom. The Morgan fingerprint density at radius 2 is 2.33 bits per heavy atom. The molecule has 0 aliphatic rings. The molecule has 0 bridgehead atoms. The molecule has 12 heavy (non-hydrogen) atoms. The predicted molar refractivity (Wildman–Crippen MR) is 53.8 cm³/mol. The predicted octanol–water partition coefficient (Wildman–Crippen LogP) is 1.89. The third-order valence-electron chi connectivity index (χ3n) is 1.53. The summed E-state index contributed by atoms with van der Waals surface area (Å²) in [5, 5.41) is 7.13. The van der Waals surface area contributed by atoms with Gasteiger partial charge in [0.05, 0.1) is 5.84 Å². The van der Waals surface area contributed by atoms with Crippen LogP contribution in [0.3, 0.4) is 0 Å². The molecule has 0 fully saturated rings. The molecule has 0 heterocycles. The van der Waals surface area contributed by atoms with Gasteiger partial charge in [0, 0.05) is 11.3 Å². The molecular formula is C9H12N2S. The second-order valence-corrected chi connectivity index (χ2v) is 3.43. The average molecular weight is 180 g/mol. The maximum absolute atomic E-state index is 7.13. The van der Waals surface area contributed by atoms with E-state index in [1.165, 1.54) is 4.90 Å². The second-order valence-electron chi connectivity index (χ2n) is 2.55. The van der Waals surface area contributed by atoms with Crippen molar-refractivity contribution >= 4 is 17.6 Å². The van der Waals surface area contributed by atoms with E-state index in [0.717, 1.165) is 5.56 Å². The van der Waals surface area contributed by atoms with Gasteiger partial charge in [-0.05, 0) is 24.0 Å². The Bertz CT molecular complexity index is 284. The molecule has 0 saturated heterocycles. The van der Waals surface area contributed by atoms with E-state index < -0.39 is 0 Å². The fraction of sp³-hybridized carbons (Fsp3) is 0.222. The van der Waals surface area contributed by atoms with E-state index in [0.29, 0.717) is 6.42 Å². The summed E-state index contributed by atoms with van der Waals surface area (Å²) in [4.78, 5) is 1.22. The summed E-state index contributed by atoms with van der Waals surface area (Å²) >= 11 is 1.70. The van der Waals surface area contributed by atoms with Crippen molar-refractivity contribution < 1.29 is 0 Å². The molecule has 0 spiro atoms. The maximum atomic E-state index is 7.13. The van der Waals surface area contributed by atoms with Gasteiger partial charge in [-0.3, -0.25) is 5.41 Å². The molecule has 1 aromatic carbocycles. The Kier molecular flexibility index (Phi) is 3.17. The van der Waals surface area contributed by atoms with Gasteiger partial charge < -0.3 is 5.73 Å². The summed E-state index contributed by atoms with van der Waals surface area (Å²) in [5.41, 5.74) is 6.40. The summed E-state index contributed by atoms with van der Waals surface area (Å²) in [6.07, 6.45) is 2.58. The van der Waals surface area contributed by atoms with Crippen LogP contribution in [0.2, 0.25) is 0 Å². The number of nitrogens with two attached hydrogens (primary N) is 1. The van der Waals surface area contributed by atoms with Crippen LogP contribution in [0.25, 0.3) is 0 Å². The van der Waals surface area contributed by atoms with Gasteiger partial charge in [-0.2, -0.15) is 0 Å². The highest BCUT2D eigenvalue weighted by Crippen LogP contribution is 2.15.